The van der Waals surface area contributed by atoms with Gasteiger partial charge in [-0.15, -0.1) is 11.8 Å². The van der Waals surface area contributed by atoms with E-state index in [1.54, 1.807) is 48.2 Å². The minimum Gasteiger partial charge on any atom is -0.350 e. The maximum Gasteiger partial charge on any atom is 0.255 e. The van der Waals surface area contributed by atoms with Crippen molar-refractivity contribution in [3.8, 4) is 0 Å². The lowest BCUT2D eigenvalue weighted by Crippen LogP contribution is -2.32. The minimum atomic E-state index is -0.249. The molecule has 160 valence electrons. The molecule has 0 saturated carbocycles. The van der Waals surface area contributed by atoms with E-state index in [4.69, 9.17) is 11.6 Å². The summed E-state index contributed by atoms with van der Waals surface area (Å²) in [6.07, 6.45) is 0.836. The molecule has 0 spiro atoms. The maximum absolute atomic E-state index is 12.7. The molecule has 0 aliphatic rings. The summed E-state index contributed by atoms with van der Waals surface area (Å²) in [5.41, 5.74) is 2.60. The van der Waals surface area contributed by atoms with Crippen molar-refractivity contribution >= 4 is 40.9 Å². The molecule has 0 heterocycles. The third kappa shape index (κ3) is 6.61. The SMILES string of the molecule is CC[C@@H](C)NC(=O)c1ccccc1NC(=O)c1ccc(CSc2ccc(Cl)cc2)cc1. The number of nitrogens with one attached hydrogen (secondary N) is 2. The first-order chi connectivity index (χ1) is 15.0. The maximum atomic E-state index is 12.7. The Hall–Kier alpha value is -2.76. The van der Waals surface area contributed by atoms with Crippen molar-refractivity contribution in [2.75, 3.05) is 5.32 Å². The Morgan fingerprint density at radius 3 is 2.29 bits per heavy atom. The predicted octanol–water partition coefficient (Wildman–Crippen LogP) is 6.41. The molecule has 2 amide bonds. The number of para-hydroxylation sites is 1. The van der Waals surface area contributed by atoms with Gasteiger partial charge in [-0.05, 0) is 67.4 Å². The largest absolute Gasteiger partial charge is 0.350 e. The van der Waals surface area contributed by atoms with Crippen LogP contribution < -0.4 is 10.6 Å². The van der Waals surface area contributed by atoms with Crippen LogP contribution in [0.3, 0.4) is 0 Å². The lowest BCUT2D eigenvalue weighted by molar-refractivity contribution is 0.0940. The van der Waals surface area contributed by atoms with Crippen LogP contribution in [0.5, 0.6) is 0 Å². The molecule has 4 nitrogen and oxygen atoms in total. The topological polar surface area (TPSA) is 58.2 Å². The van der Waals surface area contributed by atoms with Gasteiger partial charge in [0.15, 0.2) is 0 Å². The normalized spacial score (nSPS) is 11.6. The molecule has 0 bridgehead atoms. The van der Waals surface area contributed by atoms with E-state index in [9.17, 15) is 9.59 Å². The van der Waals surface area contributed by atoms with Gasteiger partial charge in [0.1, 0.15) is 0 Å². The quantitative estimate of drug-likeness (QED) is 0.388. The zero-order valence-electron chi connectivity index (χ0n) is 17.5. The number of rotatable bonds is 8. The predicted molar refractivity (Wildman–Crippen MR) is 129 cm³/mol. The lowest BCUT2D eigenvalue weighted by Gasteiger charge is -2.14. The Balaban J connectivity index is 1.63. The molecule has 1 atom stereocenters. The number of carbonyl (C=O) groups is 2. The zero-order valence-corrected chi connectivity index (χ0v) is 19.1. The van der Waals surface area contributed by atoms with E-state index < -0.39 is 0 Å². The second-order valence-corrected chi connectivity index (χ2v) is 8.71. The van der Waals surface area contributed by atoms with E-state index in [0.29, 0.717) is 16.8 Å². The third-order valence-corrected chi connectivity index (χ3v) is 6.18. The van der Waals surface area contributed by atoms with Crippen LogP contribution in [-0.2, 0) is 5.75 Å². The molecular weight excluding hydrogens is 428 g/mol. The Labute approximate surface area is 192 Å². The fraction of sp³-hybridized carbons (Fsp3) is 0.200. The van der Waals surface area contributed by atoms with Crippen molar-refractivity contribution in [1.82, 2.24) is 5.32 Å². The first-order valence-electron chi connectivity index (χ1n) is 10.1. The van der Waals surface area contributed by atoms with Crippen molar-refractivity contribution in [3.63, 3.8) is 0 Å². The van der Waals surface area contributed by atoms with Gasteiger partial charge in [-0.25, -0.2) is 0 Å². The fourth-order valence-corrected chi connectivity index (χ4v) is 3.82. The van der Waals surface area contributed by atoms with Gasteiger partial charge in [0.25, 0.3) is 11.8 Å². The summed E-state index contributed by atoms with van der Waals surface area (Å²) in [7, 11) is 0. The second kappa shape index (κ2) is 11.0. The van der Waals surface area contributed by atoms with Gasteiger partial charge in [-0.1, -0.05) is 42.8 Å². The van der Waals surface area contributed by atoms with E-state index in [1.807, 2.05) is 50.2 Å². The van der Waals surface area contributed by atoms with Crippen LogP contribution in [-0.4, -0.2) is 17.9 Å². The van der Waals surface area contributed by atoms with Crippen LogP contribution in [0.15, 0.2) is 77.7 Å². The van der Waals surface area contributed by atoms with Crippen molar-refractivity contribution in [2.45, 2.75) is 37.0 Å². The van der Waals surface area contributed by atoms with Crippen molar-refractivity contribution in [2.24, 2.45) is 0 Å². The van der Waals surface area contributed by atoms with Crippen molar-refractivity contribution in [1.29, 1.82) is 0 Å². The van der Waals surface area contributed by atoms with Crippen molar-refractivity contribution in [3.05, 3.63) is 94.5 Å². The van der Waals surface area contributed by atoms with Crippen LogP contribution >= 0.6 is 23.4 Å². The van der Waals surface area contributed by atoms with E-state index >= 15 is 0 Å². The smallest absolute Gasteiger partial charge is 0.255 e. The Morgan fingerprint density at radius 1 is 0.935 bits per heavy atom. The summed E-state index contributed by atoms with van der Waals surface area (Å²) in [5, 5.41) is 6.52. The van der Waals surface area contributed by atoms with Crippen LogP contribution in [0.2, 0.25) is 5.02 Å². The Bertz CT molecular complexity index is 1040. The number of anilines is 1. The summed E-state index contributed by atoms with van der Waals surface area (Å²) >= 11 is 7.63. The van der Waals surface area contributed by atoms with Crippen LogP contribution in [0, 0.1) is 0 Å². The molecule has 0 aliphatic heterocycles. The number of halogens is 1. The van der Waals surface area contributed by atoms with Gasteiger partial charge >= 0.3 is 0 Å². The Morgan fingerprint density at radius 2 is 1.61 bits per heavy atom. The highest BCUT2D eigenvalue weighted by Crippen LogP contribution is 2.24. The fourth-order valence-electron chi connectivity index (χ4n) is 2.84. The number of hydrogen-bond acceptors (Lipinski definition) is 3. The minimum absolute atomic E-state index is 0.0644. The molecule has 0 unspecified atom stereocenters. The summed E-state index contributed by atoms with van der Waals surface area (Å²) in [6, 6.07) is 22.3. The van der Waals surface area contributed by atoms with Gasteiger partial charge in [-0.3, -0.25) is 9.59 Å². The second-order valence-electron chi connectivity index (χ2n) is 7.22. The number of benzene rings is 3. The molecule has 31 heavy (non-hydrogen) atoms. The number of carbonyl (C=O) groups excluding carboxylic acids is 2. The summed E-state index contributed by atoms with van der Waals surface area (Å²) < 4.78 is 0. The summed E-state index contributed by atoms with van der Waals surface area (Å²) in [6.45, 7) is 3.96. The van der Waals surface area contributed by atoms with Gasteiger partial charge < -0.3 is 10.6 Å². The standard InChI is InChI=1S/C25H25ClN2O2S/c1-3-17(2)27-25(30)22-6-4-5-7-23(22)28-24(29)19-10-8-18(9-11-19)16-31-21-14-12-20(26)13-15-21/h4-15,17H,3,16H2,1-2H3,(H,27,30)(H,28,29)/t17-/m1/s1. The molecule has 0 aromatic heterocycles. The zero-order chi connectivity index (χ0) is 22.2. The molecule has 3 aromatic carbocycles. The monoisotopic (exact) mass is 452 g/mol. The van der Waals surface area contributed by atoms with E-state index in [2.05, 4.69) is 10.6 Å². The van der Waals surface area contributed by atoms with E-state index in [0.717, 1.165) is 27.7 Å². The molecule has 0 saturated heterocycles. The van der Waals surface area contributed by atoms with Crippen LogP contribution in [0.1, 0.15) is 46.5 Å². The van der Waals surface area contributed by atoms with Gasteiger partial charge in [0.2, 0.25) is 0 Å². The molecule has 0 fully saturated rings. The Kier molecular flexibility index (Phi) is 8.15. The molecular formula is C25H25ClN2O2S. The molecule has 3 rings (SSSR count). The summed E-state index contributed by atoms with van der Waals surface area (Å²) in [4.78, 5) is 26.4. The number of hydrogen-bond donors (Lipinski definition) is 2. The average molecular weight is 453 g/mol. The average Bonchev–Trinajstić information content (AvgIpc) is 2.79. The molecule has 2 N–H and O–H groups in total. The first-order valence-corrected chi connectivity index (χ1v) is 11.5. The third-order valence-electron chi connectivity index (χ3n) is 4.85. The number of thioether (sulfide) groups is 1. The number of amides is 2. The summed E-state index contributed by atoms with van der Waals surface area (Å²) in [5.74, 6) is 0.350. The lowest BCUT2D eigenvalue weighted by atomic mass is 10.1. The highest BCUT2D eigenvalue weighted by atomic mass is 35.5. The van der Waals surface area contributed by atoms with Crippen molar-refractivity contribution < 1.29 is 9.59 Å². The molecule has 0 radical (unpaired) electrons. The van der Waals surface area contributed by atoms with Gasteiger partial charge in [-0.2, -0.15) is 0 Å². The van der Waals surface area contributed by atoms with Gasteiger partial charge in [0, 0.05) is 27.3 Å². The van der Waals surface area contributed by atoms with Crippen LogP contribution in [0.4, 0.5) is 5.69 Å². The van der Waals surface area contributed by atoms with E-state index in [1.165, 1.54) is 0 Å². The highest BCUT2D eigenvalue weighted by molar-refractivity contribution is 7.98. The van der Waals surface area contributed by atoms with E-state index in [-0.39, 0.29) is 17.9 Å². The molecule has 0 aliphatic carbocycles. The first kappa shape index (κ1) is 22.9. The van der Waals surface area contributed by atoms with Gasteiger partial charge in [0.05, 0.1) is 11.3 Å². The molecule has 6 heteroatoms. The highest BCUT2D eigenvalue weighted by Gasteiger charge is 2.15. The van der Waals surface area contributed by atoms with Crippen LogP contribution in [0.25, 0.3) is 0 Å². The molecule has 3 aromatic rings.